The van der Waals surface area contributed by atoms with Gasteiger partial charge in [-0.2, -0.15) is 4.31 Å². The first-order valence-electron chi connectivity index (χ1n) is 6.10. The highest BCUT2D eigenvalue weighted by Crippen LogP contribution is 2.33. The van der Waals surface area contributed by atoms with Crippen LogP contribution in [0.25, 0.3) is 0 Å². The summed E-state index contributed by atoms with van der Waals surface area (Å²) >= 11 is 12.3. The van der Waals surface area contributed by atoms with E-state index in [0.717, 1.165) is 12.8 Å². The molecule has 19 heavy (non-hydrogen) atoms. The molecule has 1 N–H and O–H groups in total. The molecule has 7 heteroatoms. The molecule has 2 rings (SSSR count). The molecule has 1 aliphatic heterocycles. The minimum absolute atomic E-state index is 0.144. The highest BCUT2D eigenvalue weighted by atomic mass is 35.5. The number of nitrogens with zero attached hydrogens (tertiary/aromatic N) is 1. The SMILES string of the molecule is CNCc1c(Cl)ccc(S(=O)(=O)N2CCCC2)c1Cl. The van der Waals surface area contributed by atoms with Gasteiger partial charge in [-0.3, -0.25) is 0 Å². The first-order chi connectivity index (χ1) is 8.98. The van der Waals surface area contributed by atoms with E-state index in [1.54, 1.807) is 13.1 Å². The molecule has 1 aliphatic rings. The van der Waals surface area contributed by atoms with E-state index >= 15 is 0 Å². The Kier molecular flexibility index (Phi) is 4.74. The Morgan fingerprint density at radius 3 is 2.47 bits per heavy atom. The zero-order valence-electron chi connectivity index (χ0n) is 10.6. The van der Waals surface area contributed by atoms with E-state index in [9.17, 15) is 8.42 Å². The Balaban J connectivity index is 2.47. The molecule has 1 saturated heterocycles. The second kappa shape index (κ2) is 5.97. The van der Waals surface area contributed by atoms with Crippen molar-refractivity contribution in [3.8, 4) is 0 Å². The van der Waals surface area contributed by atoms with Crippen molar-refractivity contribution < 1.29 is 8.42 Å². The van der Waals surface area contributed by atoms with Crippen LogP contribution in [0.1, 0.15) is 18.4 Å². The van der Waals surface area contributed by atoms with Crippen LogP contribution < -0.4 is 5.32 Å². The van der Waals surface area contributed by atoms with Gasteiger partial charge in [0, 0.05) is 30.2 Å². The van der Waals surface area contributed by atoms with Crippen LogP contribution in [0.3, 0.4) is 0 Å². The van der Waals surface area contributed by atoms with Crippen LogP contribution in [0.5, 0.6) is 0 Å². The molecular weight excluding hydrogens is 307 g/mol. The zero-order valence-corrected chi connectivity index (χ0v) is 12.9. The number of nitrogens with one attached hydrogen (secondary N) is 1. The fourth-order valence-electron chi connectivity index (χ4n) is 2.18. The third kappa shape index (κ3) is 2.90. The van der Waals surface area contributed by atoms with Crippen molar-refractivity contribution >= 4 is 33.2 Å². The maximum atomic E-state index is 12.5. The summed E-state index contributed by atoms with van der Waals surface area (Å²) in [5.41, 5.74) is 0.617. The van der Waals surface area contributed by atoms with Crippen molar-refractivity contribution in [3.63, 3.8) is 0 Å². The van der Waals surface area contributed by atoms with Crippen molar-refractivity contribution in [2.24, 2.45) is 0 Å². The Morgan fingerprint density at radius 1 is 1.26 bits per heavy atom. The molecule has 106 valence electrons. The topological polar surface area (TPSA) is 49.4 Å². The molecule has 4 nitrogen and oxygen atoms in total. The molecule has 1 heterocycles. The van der Waals surface area contributed by atoms with Gasteiger partial charge in [0.25, 0.3) is 0 Å². The highest BCUT2D eigenvalue weighted by Gasteiger charge is 2.30. The highest BCUT2D eigenvalue weighted by molar-refractivity contribution is 7.89. The fraction of sp³-hybridized carbons (Fsp3) is 0.500. The van der Waals surface area contributed by atoms with Gasteiger partial charge in [0.05, 0.1) is 5.02 Å². The Bertz CT molecular complexity index is 569. The third-order valence-electron chi connectivity index (χ3n) is 3.19. The van der Waals surface area contributed by atoms with Crippen LogP contribution >= 0.6 is 23.2 Å². The summed E-state index contributed by atoms with van der Waals surface area (Å²) in [6, 6.07) is 3.07. The lowest BCUT2D eigenvalue weighted by molar-refractivity contribution is 0.477. The summed E-state index contributed by atoms with van der Waals surface area (Å²) in [5.74, 6) is 0. The number of sulfonamides is 1. The molecule has 0 aromatic heterocycles. The van der Waals surface area contributed by atoms with Crippen molar-refractivity contribution in [3.05, 3.63) is 27.7 Å². The van der Waals surface area contributed by atoms with Gasteiger partial charge >= 0.3 is 0 Å². The number of halogens is 2. The van der Waals surface area contributed by atoms with E-state index in [0.29, 0.717) is 30.2 Å². The lowest BCUT2D eigenvalue weighted by atomic mass is 10.2. The summed E-state index contributed by atoms with van der Waals surface area (Å²) in [7, 11) is -1.75. The molecule has 0 atom stereocenters. The van der Waals surface area contributed by atoms with Crippen molar-refractivity contribution in [2.45, 2.75) is 24.3 Å². The Labute approximate surface area is 123 Å². The van der Waals surface area contributed by atoms with E-state index < -0.39 is 10.0 Å². The summed E-state index contributed by atoms with van der Waals surface area (Å²) in [5, 5.41) is 3.62. The molecule has 0 amide bonds. The van der Waals surface area contributed by atoms with Gasteiger partial charge in [0.1, 0.15) is 4.90 Å². The number of hydrogen-bond donors (Lipinski definition) is 1. The first-order valence-corrected chi connectivity index (χ1v) is 8.29. The largest absolute Gasteiger partial charge is 0.316 e. The molecule has 1 fully saturated rings. The zero-order chi connectivity index (χ0) is 14.0. The van der Waals surface area contributed by atoms with Gasteiger partial charge in [0.2, 0.25) is 10.0 Å². The molecule has 1 aromatic carbocycles. The second-order valence-corrected chi connectivity index (χ2v) is 7.17. The molecule has 1 aromatic rings. The number of rotatable bonds is 4. The number of benzene rings is 1. The van der Waals surface area contributed by atoms with E-state index in [4.69, 9.17) is 23.2 Å². The van der Waals surface area contributed by atoms with E-state index in [2.05, 4.69) is 5.32 Å². The van der Waals surface area contributed by atoms with Crippen LogP contribution in [-0.2, 0) is 16.6 Å². The minimum Gasteiger partial charge on any atom is -0.316 e. The smallest absolute Gasteiger partial charge is 0.244 e. The van der Waals surface area contributed by atoms with E-state index in [1.165, 1.54) is 10.4 Å². The lowest BCUT2D eigenvalue weighted by Gasteiger charge is -2.18. The van der Waals surface area contributed by atoms with Crippen LogP contribution in [0.15, 0.2) is 17.0 Å². The fourth-order valence-corrected chi connectivity index (χ4v) is 4.59. The Morgan fingerprint density at radius 2 is 1.89 bits per heavy atom. The maximum Gasteiger partial charge on any atom is 0.244 e. The van der Waals surface area contributed by atoms with Gasteiger partial charge in [-0.05, 0) is 32.0 Å². The normalized spacial score (nSPS) is 17.0. The van der Waals surface area contributed by atoms with Crippen molar-refractivity contribution in [1.29, 1.82) is 0 Å². The molecule has 0 bridgehead atoms. The average molecular weight is 323 g/mol. The molecule has 0 aliphatic carbocycles. The van der Waals surface area contributed by atoms with Crippen LogP contribution in [0.4, 0.5) is 0 Å². The Hall–Kier alpha value is -0.330. The molecule has 0 saturated carbocycles. The third-order valence-corrected chi connectivity index (χ3v) is 6.03. The standard InChI is InChI=1S/C12H16Cl2N2O2S/c1-15-8-9-10(13)4-5-11(12(9)14)19(17,18)16-6-2-3-7-16/h4-5,15H,2-3,6-8H2,1H3. The summed E-state index contributed by atoms with van der Waals surface area (Å²) in [6.45, 7) is 1.55. The second-order valence-electron chi connectivity index (χ2n) is 4.48. The van der Waals surface area contributed by atoms with E-state index in [-0.39, 0.29) is 9.92 Å². The average Bonchev–Trinajstić information content (AvgIpc) is 2.88. The minimum atomic E-state index is -3.51. The first kappa shape index (κ1) is 15.1. The molecular formula is C12H16Cl2N2O2S. The predicted molar refractivity (Wildman–Crippen MR) is 77.2 cm³/mol. The van der Waals surface area contributed by atoms with Crippen molar-refractivity contribution in [2.75, 3.05) is 20.1 Å². The van der Waals surface area contributed by atoms with Gasteiger partial charge in [-0.25, -0.2) is 8.42 Å². The monoisotopic (exact) mass is 322 g/mol. The number of hydrogen-bond acceptors (Lipinski definition) is 3. The van der Waals surface area contributed by atoms with Gasteiger partial charge in [0.15, 0.2) is 0 Å². The summed E-state index contributed by atoms with van der Waals surface area (Å²) in [4.78, 5) is 0.144. The van der Waals surface area contributed by atoms with Gasteiger partial charge < -0.3 is 5.32 Å². The van der Waals surface area contributed by atoms with Gasteiger partial charge in [-0.1, -0.05) is 23.2 Å². The van der Waals surface area contributed by atoms with Crippen LogP contribution in [0.2, 0.25) is 10.0 Å². The van der Waals surface area contributed by atoms with Crippen molar-refractivity contribution in [1.82, 2.24) is 9.62 Å². The summed E-state index contributed by atoms with van der Waals surface area (Å²) in [6.07, 6.45) is 1.79. The van der Waals surface area contributed by atoms with Crippen LogP contribution in [0, 0.1) is 0 Å². The quantitative estimate of drug-likeness (QED) is 0.926. The van der Waals surface area contributed by atoms with Gasteiger partial charge in [-0.15, -0.1) is 0 Å². The lowest BCUT2D eigenvalue weighted by Crippen LogP contribution is -2.28. The van der Waals surface area contributed by atoms with Crippen LogP contribution in [-0.4, -0.2) is 32.9 Å². The molecule has 0 unspecified atom stereocenters. The molecule has 0 radical (unpaired) electrons. The maximum absolute atomic E-state index is 12.5. The molecule has 0 spiro atoms. The summed E-state index contributed by atoms with van der Waals surface area (Å²) < 4.78 is 26.5. The van der Waals surface area contributed by atoms with E-state index in [1.807, 2.05) is 0 Å². The predicted octanol–water partition coefficient (Wildman–Crippen LogP) is 2.50.